The smallest absolute Gasteiger partial charge is 0.269 e. The van der Waals surface area contributed by atoms with Crippen LogP contribution in [0.2, 0.25) is 0 Å². The van der Waals surface area contributed by atoms with Gasteiger partial charge in [-0.1, -0.05) is 54.6 Å². The van der Waals surface area contributed by atoms with Crippen LogP contribution in [-0.2, 0) is 6.61 Å². The number of rotatable bonds is 5. The van der Waals surface area contributed by atoms with Crippen molar-refractivity contribution in [2.24, 2.45) is 5.92 Å². The molecule has 0 spiro atoms. The number of hydrogen-bond donors (Lipinski definition) is 1. The van der Waals surface area contributed by atoms with Gasteiger partial charge in [0.15, 0.2) is 0 Å². The monoisotopic (exact) mass is 398 g/mol. The molecule has 0 saturated carbocycles. The average molecular weight is 398 g/mol. The quantitative estimate of drug-likeness (QED) is 0.325. The van der Waals surface area contributed by atoms with Gasteiger partial charge in [-0.2, -0.15) is 0 Å². The second kappa shape index (κ2) is 7.67. The van der Waals surface area contributed by atoms with Crippen molar-refractivity contribution in [1.82, 2.24) is 0 Å². The molecule has 5 rings (SSSR count). The standard InChI is InChI=1S/C25H22N2O3/c28-27(29)19-9-4-8-18(14-19)25-22-11-5-10-21(22)23-15-20(12-13-24(23)26-25)30-16-17-6-2-1-3-7-17/h1-10,12-15,21-22,25-26H,11,16H2. The highest BCUT2D eigenvalue weighted by molar-refractivity contribution is 5.62. The highest BCUT2D eigenvalue weighted by Gasteiger charge is 2.38. The van der Waals surface area contributed by atoms with Crippen LogP contribution in [0.3, 0.4) is 0 Å². The van der Waals surface area contributed by atoms with Gasteiger partial charge in [-0.3, -0.25) is 10.1 Å². The first-order valence-electron chi connectivity index (χ1n) is 10.2. The molecule has 5 heteroatoms. The number of nitrogens with zero attached hydrogens (tertiary/aromatic N) is 1. The summed E-state index contributed by atoms with van der Waals surface area (Å²) in [4.78, 5) is 10.9. The number of fused-ring (bicyclic) bond motifs is 3. The summed E-state index contributed by atoms with van der Waals surface area (Å²) < 4.78 is 6.03. The Bertz CT molecular complexity index is 1110. The molecule has 3 atom stereocenters. The number of ether oxygens (including phenoxy) is 1. The lowest BCUT2D eigenvalue weighted by Crippen LogP contribution is -2.29. The van der Waals surface area contributed by atoms with Gasteiger partial charge < -0.3 is 10.1 Å². The summed E-state index contributed by atoms with van der Waals surface area (Å²) in [5, 5.41) is 14.9. The molecule has 1 aliphatic carbocycles. The number of nitrogens with one attached hydrogen (secondary N) is 1. The molecule has 3 unspecified atom stereocenters. The Balaban J connectivity index is 1.42. The Morgan fingerprint density at radius 1 is 1.03 bits per heavy atom. The normalized spacial score (nSPS) is 21.4. The third-order valence-corrected chi connectivity index (χ3v) is 6.02. The van der Waals surface area contributed by atoms with Crippen LogP contribution in [0.4, 0.5) is 11.4 Å². The number of non-ortho nitro benzene ring substituents is 1. The molecule has 0 aromatic heterocycles. The van der Waals surface area contributed by atoms with Gasteiger partial charge in [0.2, 0.25) is 0 Å². The van der Waals surface area contributed by atoms with E-state index in [4.69, 9.17) is 4.74 Å². The summed E-state index contributed by atoms with van der Waals surface area (Å²) in [5.41, 5.74) is 4.51. The molecule has 1 heterocycles. The lowest BCUT2D eigenvalue weighted by molar-refractivity contribution is -0.384. The van der Waals surface area contributed by atoms with Crippen LogP contribution in [-0.4, -0.2) is 4.92 Å². The molecule has 2 aliphatic rings. The second-order valence-electron chi connectivity index (χ2n) is 7.85. The van der Waals surface area contributed by atoms with Crippen LogP contribution in [0.15, 0.2) is 84.9 Å². The van der Waals surface area contributed by atoms with E-state index >= 15 is 0 Å². The van der Waals surface area contributed by atoms with E-state index in [9.17, 15) is 10.1 Å². The number of anilines is 1. The topological polar surface area (TPSA) is 64.4 Å². The van der Waals surface area contributed by atoms with Crippen LogP contribution in [0, 0.1) is 16.0 Å². The Hall–Kier alpha value is -3.60. The van der Waals surface area contributed by atoms with E-state index in [1.807, 2.05) is 30.3 Å². The summed E-state index contributed by atoms with van der Waals surface area (Å²) in [5.74, 6) is 1.45. The van der Waals surface area contributed by atoms with Crippen molar-refractivity contribution < 1.29 is 9.66 Å². The van der Waals surface area contributed by atoms with Crippen molar-refractivity contribution in [2.45, 2.75) is 25.0 Å². The molecule has 0 saturated heterocycles. The van der Waals surface area contributed by atoms with Gasteiger partial charge in [-0.15, -0.1) is 0 Å². The average Bonchev–Trinajstić information content (AvgIpc) is 3.28. The maximum absolute atomic E-state index is 11.2. The van der Waals surface area contributed by atoms with Gasteiger partial charge in [0, 0.05) is 23.7 Å². The van der Waals surface area contributed by atoms with E-state index in [2.05, 4.69) is 41.7 Å². The van der Waals surface area contributed by atoms with Gasteiger partial charge in [-0.25, -0.2) is 0 Å². The molecular formula is C25H22N2O3. The molecule has 0 bridgehead atoms. The number of allylic oxidation sites excluding steroid dienone is 2. The Kier molecular flexibility index (Phi) is 4.71. The van der Waals surface area contributed by atoms with Crippen molar-refractivity contribution in [3.8, 4) is 5.75 Å². The van der Waals surface area contributed by atoms with Gasteiger partial charge in [0.05, 0.1) is 11.0 Å². The molecule has 0 radical (unpaired) electrons. The fourth-order valence-corrected chi connectivity index (χ4v) is 4.56. The molecule has 1 aliphatic heterocycles. The highest BCUT2D eigenvalue weighted by Crippen LogP contribution is 2.50. The van der Waals surface area contributed by atoms with Crippen LogP contribution in [0.5, 0.6) is 5.75 Å². The second-order valence-corrected chi connectivity index (χ2v) is 7.85. The lowest BCUT2D eigenvalue weighted by Gasteiger charge is -2.37. The van der Waals surface area contributed by atoms with Crippen LogP contribution in [0.1, 0.15) is 35.1 Å². The molecule has 5 nitrogen and oxygen atoms in total. The van der Waals surface area contributed by atoms with Crippen molar-refractivity contribution in [2.75, 3.05) is 5.32 Å². The Morgan fingerprint density at radius 2 is 1.90 bits per heavy atom. The third kappa shape index (κ3) is 3.43. The predicted molar refractivity (Wildman–Crippen MR) is 117 cm³/mol. The highest BCUT2D eigenvalue weighted by atomic mass is 16.6. The molecule has 0 fully saturated rings. The summed E-state index contributed by atoms with van der Waals surface area (Å²) >= 11 is 0. The zero-order valence-electron chi connectivity index (χ0n) is 16.4. The van der Waals surface area contributed by atoms with Crippen molar-refractivity contribution in [3.05, 3.63) is 112 Å². The molecule has 150 valence electrons. The first-order valence-corrected chi connectivity index (χ1v) is 10.2. The van der Waals surface area contributed by atoms with Crippen molar-refractivity contribution >= 4 is 11.4 Å². The van der Waals surface area contributed by atoms with Gasteiger partial charge in [0.1, 0.15) is 12.4 Å². The lowest BCUT2D eigenvalue weighted by atomic mass is 9.77. The molecular weight excluding hydrogens is 376 g/mol. The predicted octanol–water partition coefficient (Wildman–Crippen LogP) is 6.00. The maximum Gasteiger partial charge on any atom is 0.269 e. The fourth-order valence-electron chi connectivity index (χ4n) is 4.56. The molecule has 3 aromatic rings. The zero-order valence-corrected chi connectivity index (χ0v) is 16.4. The molecule has 0 amide bonds. The van der Waals surface area contributed by atoms with Gasteiger partial charge in [0.25, 0.3) is 5.69 Å². The summed E-state index contributed by atoms with van der Waals surface area (Å²) in [6.45, 7) is 0.535. The molecule has 1 N–H and O–H groups in total. The number of nitro groups is 1. The van der Waals surface area contributed by atoms with Gasteiger partial charge >= 0.3 is 0 Å². The minimum Gasteiger partial charge on any atom is -0.489 e. The van der Waals surface area contributed by atoms with Gasteiger partial charge in [-0.05, 0) is 47.2 Å². The van der Waals surface area contributed by atoms with E-state index in [1.165, 1.54) is 5.56 Å². The number of hydrogen-bond acceptors (Lipinski definition) is 4. The van der Waals surface area contributed by atoms with Crippen molar-refractivity contribution in [3.63, 3.8) is 0 Å². The minimum atomic E-state index is -0.332. The van der Waals surface area contributed by atoms with E-state index < -0.39 is 0 Å². The van der Waals surface area contributed by atoms with Crippen molar-refractivity contribution in [1.29, 1.82) is 0 Å². The van der Waals surface area contributed by atoms with Crippen LogP contribution in [0.25, 0.3) is 0 Å². The first kappa shape index (κ1) is 18.4. The van der Waals surface area contributed by atoms with E-state index in [0.29, 0.717) is 12.5 Å². The summed E-state index contributed by atoms with van der Waals surface area (Å²) in [6.07, 6.45) is 5.42. The molecule has 3 aromatic carbocycles. The fraction of sp³-hybridized carbons (Fsp3) is 0.200. The SMILES string of the molecule is O=[N+]([O-])c1cccc(C2Nc3ccc(OCc4ccccc4)cc3C3C=CCC32)c1. The third-order valence-electron chi connectivity index (χ3n) is 6.02. The minimum absolute atomic E-state index is 0.0356. The summed E-state index contributed by atoms with van der Waals surface area (Å²) in [6, 6.07) is 23.3. The molecule has 30 heavy (non-hydrogen) atoms. The zero-order chi connectivity index (χ0) is 20.5. The first-order chi connectivity index (χ1) is 14.7. The van der Waals surface area contributed by atoms with Crippen LogP contribution < -0.4 is 10.1 Å². The maximum atomic E-state index is 11.2. The van der Waals surface area contributed by atoms with E-state index in [0.717, 1.165) is 29.0 Å². The largest absolute Gasteiger partial charge is 0.489 e. The Morgan fingerprint density at radius 3 is 2.73 bits per heavy atom. The van der Waals surface area contributed by atoms with E-state index in [1.54, 1.807) is 18.2 Å². The number of benzene rings is 3. The van der Waals surface area contributed by atoms with E-state index in [-0.39, 0.29) is 22.6 Å². The summed E-state index contributed by atoms with van der Waals surface area (Å²) in [7, 11) is 0. The number of nitro benzene ring substituents is 1. The van der Waals surface area contributed by atoms with Crippen LogP contribution >= 0.6 is 0 Å². The Labute approximate surface area is 175 Å².